The maximum Gasteiger partial charge on any atom is 0.410 e. The number of carbonyl (C=O) groups excluding carboxylic acids is 1. The van der Waals surface area contributed by atoms with Crippen LogP contribution in [0.5, 0.6) is 0 Å². The van der Waals surface area contributed by atoms with Crippen molar-refractivity contribution in [3.8, 4) is 0 Å². The predicted molar refractivity (Wildman–Crippen MR) is 88.2 cm³/mol. The first-order valence-electron chi connectivity index (χ1n) is 8.32. The topological polar surface area (TPSA) is 79.0 Å². The fourth-order valence-electron chi connectivity index (χ4n) is 3.00. The lowest BCUT2D eigenvalue weighted by Gasteiger charge is -2.31. The summed E-state index contributed by atoms with van der Waals surface area (Å²) in [5.74, 6) is 0.391. The number of likely N-dealkylation sites (tertiary alicyclic amines) is 1. The van der Waals surface area contributed by atoms with Crippen LogP contribution in [0.4, 0.5) is 4.79 Å². The van der Waals surface area contributed by atoms with Gasteiger partial charge in [-0.05, 0) is 46.0 Å². The van der Waals surface area contributed by atoms with Gasteiger partial charge in [0.15, 0.2) is 0 Å². The molecule has 0 unspecified atom stereocenters. The average Bonchev–Trinajstić information content (AvgIpc) is 2.84. The lowest BCUT2D eigenvalue weighted by atomic mass is 10.0. The summed E-state index contributed by atoms with van der Waals surface area (Å²) < 4.78 is 34.5. The number of hydrogen-bond acceptors (Lipinski definition) is 4. The Morgan fingerprint density at radius 2 is 1.87 bits per heavy atom. The Labute approximate surface area is 139 Å². The maximum atomic E-state index is 12.5. The molecular weight excluding hydrogens is 318 g/mol. The SMILES string of the molecule is C[C@@H]1CCCN(S(=O)(=O)N[C@H]2CCN(C(=O)OC(C)(C)C)C2)C1. The molecule has 2 fully saturated rings. The van der Waals surface area contributed by atoms with Gasteiger partial charge >= 0.3 is 6.09 Å². The van der Waals surface area contributed by atoms with E-state index in [0.29, 0.717) is 38.5 Å². The van der Waals surface area contributed by atoms with Gasteiger partial charge in [-0.1, -0.05) is 6.92 Å². The molecule has 1 amide bonds. The van der Waals surface area contributed by atoms with Crippen molar-refractivity contribution in [2.24, 2.45) is 5.92 Å². The first-order chi connectivity index (χ1) is 10.6. The van der Waals surface area contributed by atoms with Gasteiger partial charge in [0.05, 0.1) is 0 Å². The van der Waals surface area contributed by atoms with E-state index >= 15 is 0 Å². The molecule has 2 heterocycles. The Balaban J connectivity index is 1.88. The van der Waals surface area contributed by atoms with E-state index in [0.717, 1.165) is 12.8 Å². The van der Waals surface area contributed by atoms with E-state index in [-0.39, 0.29) is 12.1 Å². The van der Waals surface area contributed by atoms with E-state index in [4.69, 9.17) is 4.74 Å². The second-order valence-corrected chi connectivity index (χ2v) is 9.34. The molecule has 0 saturated carbocycles. The minimum absolute atomic E-state index is 0.246. The first-order valence-corrected chi connectivity index (χ1v) is 9.76. The molecular formula is C15H29N3O4S. The maximum absolute atomic E-state index is 12.5. The molecule has 0 radical (unpaired) electrons. The molecule has 2 aliphatic heterocycles. The molecule has 7 nitrogen and oxygen atoms in total. The van der Waals surface area contributed by atoms with Crippen LogP contribution in [0.3, 0.4) is 0 Å². The number of hydrogen-bond donors (Lipinski definition) is 1. The van der Waals surface area contributed by atoms with E-state index in [1.807, 2.05) is 20.8 Å². The molecule has 1 N–H and O–H groups in total. The van der Waals surface area contributed by atoms with Gasteiger partial charge in [0.2, 0.25) is 0 Å². The summed E-state index contributed by atoms with van der Waals surface area (Å²) in [6, 6.07) is -0.246. The Bertz CT molecular complexity index is 529. The van der Waals surface area contributed by atoms with Crippen LogP contribution in [-0.2, 0) is 14.9 Å². The first kappa shape index (κ1) is 18.5. The molecule has 2 rings (SSSR count). The molecule has 0 aromatic carbocycles. The number of ether oxygens (including phenoxy) is 1. The number of nitrogens with zero attached hydrogens (tertiary/aromatic N) is 2. The van der Waals surface area contributed by atoms with Gasteiger partial charge in [-0.25, -0.2) is 4.79 Å². The van der Waals surface area contributed by atoms with Crippen molar-refractivity contribution in [2.45, 2.75) is 58.6 Å². The Morgan fingerprint density at radius 3 is 2.48 bits per heavy atom. The van der Waals surface area contributed by atoms with Gasteiger partial charge in [-0.2, -0.15) is 17.4 Å². The molecule has 0 aromatic heterocycles. The number of amides is 1. The second kappa shape index (κ2) is 6.94. The zero-order valence-corrected chi connectivity index (χ0v) is 15.4. The zero-order valence-electron chi connectivity index (χ0n) is 14.5. The van der Waals surface area contributed by atoms with E-state index < -0.39 is 15.8 Å². The summed E-state index contributed by atoms with van der Waals surface area (Å²) in [7, 11) is -3.48. The lowest BCUT2D eigenvalue weighted by molar-refractivity contribution is 0.0292. The summed E-state index contributed by atoms with van der Waals surface area (Å²) in [5.41, 5.74) is -0.543. The minimum atomic E-state index is -3.48. The molecule has 2 atom stereocenters. The van der Waals surface area contributed by atoms with Crippen molar-refractivity contribution in [3.05, 3.63) is 0 Å². The molecule has 0 spiro atoms. The smallest absolute Gasteiger partial charge is 0.410 e. The summed E-state index contributed by atoms with van der Waals surface area (Å²) in [4.78, 5) is 13.6. The largest absolute Gasteiger partial charge is 0.444 e. The molecule has 0 aromatic rings. The highest BCUT2D eigenvalue weighted by Crippen LogP contribution is 2.20. The summed E-state index contributed by atoms with van der Waals surface area (Å²) in [6.45, 7) is 9.54. The van der Waals surface area contributed by atoms with Gasteiger partial charge in [-0.15, -0.1) is 0 Å². The van der Waals surface area contributed by atoms with Crippen LogP contribution in [0, 0.1) is 5.92 Å². The highest BCUT2D eigenvalue weighted by atomic mass is 32.2. The van der Waals surface area contributed by atoms with Crippen molar-refractivity contribution in [1.82, 2.24) is 13.9 Å². The number of carbonyl (C=O) groups is 1. The van der Waals surface area contributed by atoms with Gasteiger partial charge in [0, 0.05) is 32.2 Å². The molecule has 134 valence electrons. The fourth-order valence-corrected chi connectivity index (χ4v) is 4.58. The van der Waals surface area contributed by atoms with Crippen molar-refractivity contribution in [2.75, 3.05) is 26.2 Å². The monoisotopic (exact) mass is 347 g/mol. The highest BCUT2D eigenvalue weighted by molar-refractivity contribution is 7.87. The highest BCUT2D eigenvalue weighted by Gasteiger charge is 2.34. The quantitative estimate of drug-likeness (QED) is 0.840. The van der Waals surface area contributed by atoms with Crippen molar-refractivity contribution >= 4 is 16.3 Å². The fraction of sp³-hybridized carbons (Fsp3) is 0.933. The van der Waals surface area contributed by atoms with Crippen LogP contribution < -0.4 is 4.72 Å². The van der Waals surface area contributed by atoms with Gasteiger partial charge in [0.25, 0.3) is 10.2 Å². The number of nitrogens with one attached hydrogen (secondary N) is 1. The Hall–Kier alpha value is -0.860. The van der Waals surface area contributed by atoms with Gasteiger partial charge in [-0.3, -0.25) is 0 Å². The molecule has 8 heteroatoms. The molecule has 23 heavy (non-hydrogen) atoms. The molecule has 0 bridgehead atoms. The summed E-state index contributed by atoms with van der Waals surface area (Å²) >= 11 is 0. The number of rotatable bonds is 3. The standard InChI is InChI=1S/C15H29N3O4S/c1-12-6-5-8-18(10-12)23(20,21)16-13-7-9-17(11-13)14(19)22-15(2,3)4/h12-13,16H,5-11H2,1-4H3/t12-,13+/m1/s1. The van der Waals surface area contributed by atoms with Crippen LogP contribution in [-0.4, -0.2) is 61.5 Å². The van der Waals surface area contributed by atoms with Crippen LogP contribution >= 0.6 is 0 Å². The van der Waals surface area contributed by atoms with Crippen molar-refractivity contribution < 1.29 is 17.9 Å². The van der Waals surface area contributed by atoms with Crippen LogP contribution in [0.25, 0.3) is 0 Å². The second-order valence-electron chi connectivity index (χ2n) is 7.64. The normalized spacial score (nSPS) is 27.2. The predicted octanol–water partition coefficient (Wildman–Crippen LogP) is 1.56. The number of piperidine rings is 1. The lowest BCUT2D eigenvalue weighted by Crippen LogP contribution is -2.49. The van der Waals surface area contributed by atoms with E-state index in [2.05, 4.69) is 11.6 Å². The molecule has 0 aliphatic carbocycles. The van der Waals surface area contributed by atoms with Crippen LogP contribution in [0.15, 0.2) is 0 Å². The minimum Gasteiger partial charge on any atom is -0.444 e. The van der Waals surface area contributed by atoms with E-state index in [1.54, 1.807) is 4.90 Å². The molecule has 2 aliphatic rings. The third-order valence-electron chi connectivity index (χ3n) is 4.12. The van der Waals surface area contributed by atoms with Crippen LogP contribution in [0.1, 0.15) is 47.0 Å². The van der Waals surface area contributed by atoms with E-state index in [1.165, 1.54) is 4.31 Å². The summed E-state index contributed by atoms with van der Waals surface area (Å²) in [5, 5.41) is 0. The van der Waals surface area contributed by atoms with E-state index in [9.17, 15) is 13.2 Å². The average molecular weight is 347 g/mol. The van der Waals surface area contributed by atoms with Crippen molar-refractivity contribution in [3.63, 3.8) is 0 Å². The zero-order chi connectivity index (χ0) is 17.3. The third-order valence-corrected chi connectivity index (χ3v) is 5.76. The van der Waals surface area contributed by atoms with Gasteiger partial charge in [0.1, 0.15) is 5.60 Å². The van der Waals surface area contributed by atoms with Gasteiger partial charge < -0.3 is 9.64 Å². The Morgan fingerprint density at radius 1 is 1.17 bits per heavy atom. The Kier molecular flexibility index (Phi) is 5.58. The van der Waals surface area contributed by atoms with Crippen LogP contribution in [0.2, 0.25) is 0 Å². The summed E-state index contributed by atoms with van der Waals surface area (Å²) in [6.07, 6.45) is 2.20. The van der Waals surface area contributed by atoms with Crippen molar-refractivity contribution in [1.29, 1.82) is 0 Å². The molecule has 2 saturated heterocycles. The third kappa shape index (κ3) is 5.32.